The van der Waals surface area contributed by atoms with Gasteiger partial charge in [0.1, 0.15) is 0 Å². The van der Waals surface area contributed by atoms with Gasteiger partial charge in [-0.2, -0.15) is 0 Å². The molecule has 0 bridgehead atoms. The van der Waals surface area contributed by atoms with E-state index in [-0.39, 0.29) is 0 Å². The van der Waals surface area contributed by atoms with Crippen molar-refractivity contribution in [3.05, 3.63) is 49.6 Å². The quantitative estimate of drug-likeness (QED) is 0.830. The Kier molecular flexibility index (Phi) is 4.45. The number of benzene rings is 1. The summed E-state index contributed by atoms with van der Waals surface area (Å²) in [5, 5.41) is 3.37. The Bertz CT molecular complexity index is 513. The summed E-state index contributed by atoms with van der Waals surface area (Å²) in [6.07, 6.45) is 0. The predicted molar refractivity (Wildman–Crippen MR) is 78.4 cm³/mol. The first-order chi connectivity index (χ1) is 8.15. The Morgan fingerprint density at radius 2 is 2.06 bits per heavy atom. The maximum Gasteiger partial charge on any atom is 0.0931 e. The highest BCUT2D eigenvalue weighted by Gasteiger charge is 2.00. The zero-order chi connectivity index (χ0) is 12.3. The highest BCUT2D eigenvalue weighted by Crippen LogP contribution is 2.22. The largest absolute Gasteiger partial charge is 0.398 e. The molecule has 90 valence electrons. The van der Waals surface area contributed by atoms with Crippen molar-refractivity contribution in [2.24, 2.45) is 0 Å². The first-order valence-corrected chi connectivity index (χ1v) is 7.13. The third-order valence-electron chi connectivity index (χ3n) is 2.32. The van der Waals surface area contributed by atoms with Gasteiger partial charge in [-0.05, 0) is 45.8 Å². The minimum absolute atomic E-state index is 0.763. The van der Waals surface area contributed by atoms with Crippen LogP contribution in [-0.2, 0) is 13.1 Å². The number of anilines is 1. The number of halogens is 2. The van der Waals surface area contributed by atoms with E-state index in [1.807, 2.05) is 30.3 Å². The molecule has 0 saturated heterocycles. The van der Waals surface area contributed by atoms with Crippen molar-refractivity contribution in [3.8, 4) is 0 Å². The van der Waals surface area contributed by atoms with Gasteiger partial charge in [-0.15, -0.1) is 11.3 Å². The molecule has 0 saturated carbocycles. The second-order valence-electron chi connectivity index (χ2n) is 3.67. The molecule has 0 aliphatic carbocycles. The van der Waals surface area contributed by atoms with Crippen LogP contribution < -0.4 is 11.1 Å². The maximum atomic E-state index is 5.87. The van der Waals surface area contributed by atoms with Crippen LogP contribution >= 0.6 is 38.9 Å². The first-order valence-electron chi connectivity index (χ1n) is 5.14. The van der Waals surface area contributed by atoms with Gasteiger partial charge in [0, 0.05) is 28.1 Å². The molecule has 1 aromatic heterocycles. The third kappa shape index (κ3) is 3.71. The second-order valence-corrected chi connectivity index (χ2v) is 6.32. The van der Waals surface area contributed by atoms with Crippen LogP contribution in [0.2, 0.25) is 4.34 Å². The minimum Gasteiger partial charge on any atom is -0.398 e. The van der Waals surface area contributed by atoms with Gasteiger partial charge < -0.3 is 11.1 Å². The SMILES string of the molecule is Nc1ccc(CNCc2ccc(Cl)s2)cc1Br. The number of hydrogen-bond acceptors (Lipinski definition) is 3. The fourth-order valence-electron chi connectivity index (χ4n) is 1.46. The Morgan fingerprint density at radius 1 is 1.24 bits per heavy atom. The van der Waals surface area contributed by atoms with E-state index in [0.29, 0.717) is 0 Å². The van der Waals surface area contributed by atoms with Gasteiger partial charge in [-0.25, -0.2) is 0 Å². The Hall–Kier alpha value is -0.550. The molecule has 2 nitrogen and oxygen atoms in total. The molecule has 0 amide bonds. The van der Waals surface area contributed by atoms with Crippen LogP contribution in [0.3, 0.4) is 0 Å². The maximum absolute atomic E-state index is 5.87. The molecule has 2 aromatic rings. The average molecular weight is 332 g/mol. The van der Waals surface area contributed by atoms with Crippen molar-refractivity contribution in [1.82, 2.24) is 5.32 Å². The van der Waals surface area contributed by atoms with E-state index in [0.717, 1.165) is 27.6 Å². The fourth-order valence-corrected chi connectivity index (χ4v) is 2.94. The molecule has 0 aliphatic heterocycles. The summed E-state index contributed by atoms with van der Waals surface area (Å²) in [7, 11) is 0. The molecule has 0 atom stereocenters. The van der Waals surface area contributed by atoms with Crippen LogP contribution in [-0.4, -0.2) is 0 Å². The lowest BCUT2D eigenvalue weighted by molar-refractivity contribution is 0.701. The van der Waals surface area contributed by atoms with Crippen molar-refractivity contribution in [3.63, 3.8) is 0 Å². The zero-order valence-electron chi connectivity index (χ0n) is 9.04. The predicted octanol–water partition coefficient (Wildman–Crippen LogP) is 4.04. The van der Waals surface area contributed by atoms with Gasteiger partial charge >= 0.3 is 0 Å². The topological polar surface area (TPSA) is 38.0 Å². The second kappa shape index (κ2) is 5.87. The summed E-state index contributed by atoms with van der Waals surface area (Å²) in [5.41, 5.74) is 7.70. The van der Waals surface area contributed by atoms with Crippen LogP contribution in [0.25, 0.3) is 0 Å². The Labute approximate surface area is 118 Å². The average Bonchev–Trinajstić information content (AvgIpc) is 2.70. The van der Waals surface area contributed by atoms with Gasteiger partial charge in [-0.1, -0.05) is 17.7 Å². The standard InChI is InChI=1S/C12H12BrClN2S/c13-10-5-8(1-3-11(10)15)6-16-7-9-2-4-12(14)17-9/h1-5,16H,6-7,15H2. The number of nitrogens with one attached hydrogen (secondary N) is 1. The van der Waals surface area contributed by atoms with Gasteiger partial charge in [0.25, 0.3) is 0 Å². The van der Waals surface area contributed by atoms with Gasteiger partial charge in [0.2, 0.25) is 0 Å². The van der Waals surface area contributed by atoms with Crippen molar-refractivity contribution >= 4 is 44.6 Å². The van der Waals surface area contributed by atoms with Gasteiger partial charge in [-0.3, -0.25) is 0 Å². The molecule has 0 unspecified atom stereocenters. The molecular formula is C12H12BrClN2S. The van der Waals surface area contributed by atoms with E-state index >= 15 is 0 Å². The third-order valence-corrected chi connectivity index (χ3v) is 4.24. The number of hydrogen-bond donors (Lipinski definition) is 2. The smallest absolute Gasteiger partial charge is 0.0931 e. The zero-order valence-corrected chi connectivity index (χ0v) is 12.2. The van der Waals surface area contributed by atoms with Crippen molar-refractivity contribution in [2.75, 3.05) is 5.73 Å². The van der Waals surface area contributed by atoms with Crippen LogP contribution in [0.4, 0.5) is 5.69 Å². The van der Waals surface area contributed by atoms with Gasteiger partial charge in [0.15, 0.2) is 0 Å². The van der Waals surface area contributed by atoms with Crippen LogP contribution in [0.1, 0.15) is 10.4 Å². The van der Waals surface area contributed by atoms with Crippen LogP contribution in [0.5, 0.6) is 0 Å². The summed E-state index contributed by atoms with van der Waals surface area (Å²) >= 11 is 10.9. The van der Waals surface area contributed by atoms with Gasteiger partial charge in [0.05, 0.1) is 4.34 Å². The van der Waals surface area contributed by atoms with Crippen molar-refractivity contribution < 1.29 is 0 Å². The molecule has 0 fully saturated rings. The van der Waals surface area contributed by atoms with E-state index in [2.05, 4.69) is 21.2 Å². The highest BCUT2D eigenvalue weighted by atomic mass is 79.9. The molecule has 1 aromatic carbocycles. The Balaban J connectivity index is 1.87. The fraction of sp³-hybridized carbons (Fsp3) is 0.167. The van der Waals surface area contributed by atoms with Crippen molar-refractivity contribution in [1.29, 1.82) is 0 Å². The number of rotatable bonds is 4. The monoisotopic (exact) mass is 330 g/mol. The number of nitrogens with two attached hydrogens (primary N) is 1. The summed E-state index contributed by atoms with van der Waals surface area (Å²) in [6.45, 7) is 1.65. The van der Waals surface area contributed by atoms with E-state index in [4.69, 9.17) is 17.3 Å². The summed E-state index contributed by atoms with van der Waals surface area (Å²) < 4.78 is 1.77. The summed E-state index contributed by atoms with van der Waals surface area (Å²) in [5.74, 6) is 0. The molecule has 0 radical (unpaired) electrons. The van der Waals surface area contributed by atoms with E-state index in [1.54, 1.807) is 11.3 Å². The molecule has 0 spiro atoms. The summed E-state index contributed by atoms with van der Waals surface area (Å²) in [6, 6.07) is 9.92. The molecule has 5 heteroatoms. The van der Waals surface area contributed by atoms with E-state index in [1.165, 1.54) is 10.4 Å². The molecular weight excluding hydrogens is 320 g/mol. The van der Waals surface area contributed by atoms with Crippen LogP contribution in [0, 0.1) is 0 Å². The molecule has 17 heavy (non-hydrogen) atoms. The normalized spacial score (nSPS) is 10.7. The molecule has 1 heterocycles. The summed E-state index contributed by atoms with van der Waals surface area (Å²) in [4.78, 5) is 1.24. The van der Waals surface area contributed by atoms with E-state index < -0.39 is 0 Å². The highest BCUT2D eigenvalue weighted by molar-refractivity contribution is 9.10. The molecule has 0 aliphatic rings. The lowest BCUT2D eigenvalue weighted by atomic mass is 10.2. The number of nitrogen functional groups attached to an aromatic ring is 1. The number of thiophene rings is 1. The molecule has 3 N–H and O–H groups in total. The van der Waals surface area contributed by atoms with E-state index in [9.17, 15) is 0 Å². The molecule has 2 rings (SSSR count). The minimum atomic E-state index is 0.763. The lowest BCUT2D eigenvalue weighted by Crippen LogP contribution is -2.11. The Morgan fingerprint density at radius 3 is 2.71 bits per heavy atom. The first kappa shape index (κ1) is 12.9. The van der Waals surface area contributed by atoms with Crippen molar-refractivity contribution in [2.45, 2.75) is 13.1 Å². The van der Waals surface area contributed by atoms with Crippen LogP contribution in [0.15, 0.2) is 34.8 Å². The lowest BCUT2D eigenvalue weighted by Gasteiger charge is -2.05.